The molecule has 0 bridgehead atoms. The minimum atomic E-state index is -0.263. The SMILES string of the molecule is Clc1ccc([C@H](Nc2cccc3c2CCCC3)c2nnc(-c3ccccc3)o2)cc1. The molecule has 30 heavy (non-hydrogen) atoms. The van der Waals surface area contributed by atoms with E-state index >= 15 is 0 Å². The first kappa shape index (κ1) is 18.9. The van der Waals surface area contributed by atoms with Gasteiger partial charge in [-0.25, -0.2) is 0 Å². The van der Waals surface area contributed by atoms with E-state index in [4.69, 9.17) is 16.0 Å². The molecule has 0 radical (unpaired) electrons. The predicted octanol–water partition coefficient (Wildman–Crippen LogP) is 6.47. The molecule has 0 amide bonds. The van der Waals surface area contributed by atoms with Crippen LogP contribution in [0.2, 0.25) is 5.02 Å². The average Bonchev–Trinajstić information content (AvgIpc) is 3.29. The molecule has 0 spiro atoms. The van der Waals surface area contributed by atoms with E-state index in [-0.39, 0.29) is 6.04 Å². The third-order valence-corrected chi connectivity index (χ3v) is 5.86. The number of nitrogens with one attached hydrogen (secondary N) is 1. The third kappa shape index (κ3) is 3.83. The zero-order valence-electron chi connectivity index (χ0n) is 16.5. The molecule has 3 aromatic carbocycles. The molecule has 150 valence electrons. The molecule has 1 N–H and O–H groups in total. The number of halogens is 1. The second-order valence-electron chi connectivity index (χ2n) is 7.59. The number of rotatable bonds is 5. The van der Waals surface area contributed by atoms with Crippen molar-refractivity contribution in [2.45, 2.75) is 31.7 Å². The van der Waals surface area contributed by atoms with Crippen molar-refractivity contribution in [3.8, 4) is 11.5 Å². The van der Waals surface area contributed by atoms with Crippen molar-refractivity contribution in [2.24, 2.45) is 0 Å². The summed E-state index contributed by atoms with van der Waals surface area (Å²) < 4.78 is 6.12. The average molecular weight is 416 g/mol. The van der Waals surface area contributed by atoms with Crippen molar-refractivity contribution in [1.82, 2.24) is 10.2 Å². The summed E-state index contributed by atoms with van der Waals surface area (Å²) in [5.74, 6) is 1.05. The molecule has 1 heterocycles. The van der Waals surface area contributed by atoms with E-state index < -0.39 is 0 Å². The van der Waals surface area contributed by atoms with Crippen LogP contribution >= 0.6 is 11.6 Å². The van der Waals surface area contributed by atoms with Gasteiger partial charge in [0, 0.05) is 16.3 Å². The molecule has 5 heteroatoms. The second-order valence-corrected chi connectivity index (χ2v) is 8.03. The minimum Gasteiger partial charge on any atom is -0.418 e. The van der Waals surface area contributed by atoms with Gasteiger partial charge in [0.15, 0.2) is 0 Å². The van der Waals surface area contributed by atoms with Crippen molar-refractivity contribution in [3.63, 3.8) is 0 Å². The van der Waals surface area contributed by atoms with Gasteiger partial charge in [-0.15, -0.1) is 10.2 Å². The normalized spacial score (nSPS) is 14.2. The van der Waals surface area contributed by atoms with Gasteiger partial charge in [-0.05, 0) is 72.7 Å². The zero-order valence-corrected chi connectivity index (χ0v) is 17.3. The Morgan fingerprint density at radius 3 is 2.47 bits per heavy atom. The summed E-state index contributed by atoms with van der Waals surface area (Å²) >= 11 is 6.13. The maximum atomic E-state index is 6.13. The van der Waals surface area contributed by atoms with Crippen molar-refractivity contribution in [1.29, 1.82) is 0 Å². The molecule has 5 rings (SSSR count). The first-order valence-electron chi connectivity index (χ1n) is 10.3. The van der Waals surface area contributed by atoms with Crippen LogP contribution in [0.3, 0.4) is 0 Å². The quantitative estimate of drug-likeness (QED) is 0.405. The fourth-order valence-electron chi connectivity index (χ4n) is 4.06. The Morgan fingerprint density at radius 1 is 0.833 bits per heavy atom. The summed E-state index contributed by atoms with van der Waals surface area (Å²) in [6.45, 7) is 0. The highest BCUT2D eigenvalue weighted by Crippen LogP contribution is 2.33. The molecule has 0 aliphatic heterocycles. The van der Waals surface area contributed by atoms with Crippen molar-refractivity contribution < 1.29 is 4.42 Å². The summed E-state index contributed by atoms with van der Waals surface area (Å²) in [7, 11) is 0. The summed E-state index contributed by atoms with van der Waals surface area (Å²) in [6.07, 6.45) is 4.69. The maximum Gasteiger partial charge on any atom is 0.247 e. The van der Waals surface area contributed by atoms with Crippen LogP contribution in [0.4, 0.5) is 5.69 Å². The van der Waals surface area contributed by atoms with Gasteiger partial charge in [-0.2, -0.15) is 0 Å². The topological polar surface area (TPSA) is 51.0 Å². The van der Waals surface area contributed by atoms with Crippen molar-refractivity contribution in [2.75, 3.05) is 5.32 Å². The second kappa shape index (κ2) is 8.33. The van der Waals surface area contributed by atoms with E-state index in [2.05, 4.69) is 33.7 Å². The van der Waals surface area contributed by atoms with Crippen LogP contribution in [0.1, 0.15) is 41.5 Å². The lowest BCUT2D eigenvalue weighted by atomic mass is 9.90. The summed E-state index contributed by atoms with van der Waals surface area (Å²) in [5.41, 5.74) is 5.88. The molecule has 0 fully saturated rings. The summed E-state index contributed by atoms with van der Waals surface area (Å²) in [6, 6.07) is 23.8. The molecule has 4 nitrogen and oxygen atoms in total. The number of benzene rings is 3. The number of aromatic nitrogens is 2. The number of aryl methyl sites for hydroxylation is 1. The van der Waals surface area contributed by atoms with Gasteiger partial charge >= 0.3 is 0 Å². The molecule has 1 aliphatic carbocycles. The molecule has 4 aromatic rings. The fraction of sp³-hybridized carbons (Fsp3) is 0.200. The Balaban J connectivity index is 1.54. The Bertz CT molecular complexity index is 1140. The lowest BCUT2D eigenvalue weighted by molar-refractivity contribution is 0.494. The first-order valence-corrected chi connectivity index (χ1v) is 10.7. The number of anilines is 1. The van der Waals surface area contributed by atoms with Crippen LogP contribution in [-0.4, -0.2) is 10.2 Å². The van der Waals surface area contributed by atoms with Crippen LogP contribution in [0.15, 0.2) is 77.2 Å². The van der Waals surface area contributed by atoms with Gasteiger partial charge in [0.2, 0.25) is 11.8 Å². The van der Waals surface area contributed by atoms with E-state index in [0.717, 1.165) is 29.7 Å². The lowest BCUT2D eigenvalue weighted by Gasteiger charge is -2.23. The molecule has 1 aliphatic rings. The largest absolute Gasteiger partial charge is 0.418 e. The number of hydrogen-bond acceptors (Lipinski definition) is 4. The lowest BCUT2D eigenvalue weighted by Crippen LogP contribution is -2.16. The number of nitrogens with zero attached hydrogens (tertiary/aromatic N) is 2. The van der Waals surface area contributed by atoms with E-state index in [0.29, 0.717) is 16.8 Å². The molecule has 0 saturated heterocycles. The molecular weight excluding hydrogens is 394 g/mol. The molecule has 1 atom stereocenters. The van der Waals surface area contributed by atoms with Gasteiger partial charge < -0.3 is 9.73 Å². The highest BCUT2D eigenvalue weighted by Gasteiger charge is 2.23. The van der Waals surface area contributed by atoms with Gasteiger partial charge in [-0.3, -0.25) is 0 Å². The van der Waals surface area contributed by atoms with Crippen molar-refractivity contribution >= 4 is 17.3 Å². The van der Waals surface area contributed by atoms with E-state index in [1.165, 1.54) is 24.0 Å². The minimum absolute atomic E-state index is 0.263. The molecular formula is C25H22ClN3O. The fourth-order valence-corrected chi connectivity index (χ4v) is 4.19. The van der Waals surface area contributed by atoms with Gasteiger partial charge in [0.05, 0.1) is 0 Å². The van der Waals surface area contributed by atoms with Gasteiger partial charge in [0.25, 0.3) is 0 Å². The monoisotopic (exact) mass is 415 g/mol. The van der Waals surface area contributed by atoms with E-state index in [9.17, 15) is 0 Å². The number of hydrogen-bond donors (Lipinski definition) is 1. The highest BCUT2D eigenvalue weighted by atomic mass is 35.5. The van der Waals surface area contributed by atoms with E-state index in [1.807, 2.05) is 54.6 Å². The van der Waals surface area contributed by atoms with Crippen molar-refractivity contribution in [3.05, 3.63) is 100 Å². The smallest absolute Gasteiger partial charge is 0.247 e. The third-order valence-electron chi connectivity index (χ3n) is 5.61. The van der Waals surface area contributed by atoms with Crippen LogP contribution in [-0.2, 0) is 12.8 Å². The van der Waals surface area contributed by atoms with Crippen LogP contribution < -0.4 is 5.32 Å². The summed E-state index contributed by atoms with van der Waals surface area (Å²) in [4.78, 5) is 0. The predicted molar refractivity (Wildman–Crippen MR) is 120 cm³/mol. The Labute approximate surface area is 180 Å². The Hall–Kier alpha value is -3.11. The first-order chi connectivity index (χ1) is 14.8. The highest BCUT2D eigenvalue weighted by molar-refractivity contribution is 6.30. The van der Waals surface area contributed by atoms with Crippen LogP contribution in [0.25, 0.3) is 11.5 Å². The van der Waals surface area contributed by atoms with Crippen LogP contribution in [0.5, 0.6) is 0 Å². The van der Waals surface area contributed by atoms with Gasteiger partial charge in [0.1, 0.15) is 6.04 Å². The standard InChI is InChI=1S/C25H22ClN3O/c26-20-15-13-18(14-16-20)23(25-29-28-24(30-25)19-8-2-1-3-9-19)27-22-12-6-10-17-7-4-5-11-21(17)22/h1-3,6,8-10,12-16,23,27H,4-5,7,11H2/t23-/m0/s1. The zero-order chi connectivity index (χ0) is 20.3. The Kier molecular flexibility index (Phi) is 5.24. The molecule has 1 aromatic heterocycles. The van der Waals surface area contributed by atoms with E-state index in [1.54, 1.807) is 0 Å². The molecule has 0 unspecified atom stereocenters. The van der Waals surface area contributed by atoms with Crippen LogP contribution in [0, 0.1) is 0 Å². The van der Waals surface area contributed by atoms with Gasteiger partial charge in [-0.1, -0.05) is 54.1 Å². The molecule has 0 saturated carbocycles. The number of fused-ring (bicyclic) bond motifs is 1. The maximum absolute atomic E-state index is 6.13. The summed E-state index contributed by atoms with van der Waals surface area (Å²) in [5, 5.41) is 13.1. The Morgan fingerprint density at radius 2 is 1.63 bits per heavy atom.